The van der Waals surface area contributed by atoms with Gasteiger partial charge in [0.05, 0.1) is 12.7 Å². The number of carbonyl (C=O) groups is 2. The van der Waals surface area contributed by atoms with Crippen molar-refractivity contribution in [1.29, 1.82) is 0 Å². The van der Waals surface area contributed by atoms with Gasteiger partial charge in [0.2, 0.25) is 0 Å². The standard InChI is InChI=1S/C24H25ClN2O3/c1-14(2)22-21(23(28)24(29)26-17-8-9-17)19-12-18(30-3)10-11-20(19)27(22)13-15-4-6-16(25)7-5-15/h4-7,10-12,14,17H,8-9,13H2,1-3H3,(H,26,29). The molecule has 6 heteroatoms. The molecule has 1 amide bonds. The number of methoxy groups -OCH3 is 1. The lowest BCUT2D eigenvalue weighted by Gasteiger charge is -2.15. The monoisotopic (exact) mass is 424 g/mol. The van der Waals surface area contributed by atoms with Gasteiger partial charge >= 0.3 is 0 Å². The van der Waals surface area contributed by atoms with Gasteiger partial charge in [-0.05, 0) is 54.7 Å². The minimum atomic E-state index is -0.534. The molecule has 2 aromatic carbocycles. The maximum absolute atomic E-state index is 13.3. The van der Waals surface area contributed by atoms with E-state index in [1.165, 1.54) is 0 Å². The van der Waals surface area contributed by atoms with Gasteiger partial charge in [0, 0.05) is 34.2 Å². The molecular weight excluding hydrogens is 400 g/mol. The normalized spacial score (nSPS) is 13.6. The average molecular weight is 425 g/mol. The van der Waals surface area contributed by atoms with E-state index in [1.54, 1.807) is 7.11 Å². The molecule has 0 bridgehead atoms. The molecule has 1 aliphatic rings. The molecule has 1 heterocycles. The molecule has 0 unspecified atom stereocenters. The summed E-state index contributed by atoms with van der Waals surface area (Å²) >= 11 is 6.04. The minimum absolute atomic E-state index is 0.0448. The molecule has 1 saturated carbocycles. The van der Waals surface area contributed by atoms with Crippen molar-refractivity contribution >= 4 is 34.2 Å². The van der Waals surface area contributed by atoms with Crippen molar-refractivity contribution in [3.8, 4) is 5.75 Å². The number of Topliss-reactive ketones (excluding diaryl/α,β-unsaturated/α-hetero) is 1. The number of benzene rings is 2. The Morgan fingerprint density at radius 1 is 1.17 bits per heavy atom. The van der Waals surface area contributed by atoms with Crippen molar-refractivity contribution in [3.63, 3.8) is 0 Å². The SMILES string of the molecule is COc1ccc2c(c1)c(C(=O)C(=O)NC1CC1)c(C(C)C)n2Cc1ccc(Cl)cc1. The smallest absolute Gasteiger partial charge is 0.292 e. The topological polar surface area (TPSA) is 60.3 Å². The summed E-state index contributed by atoms with van der Waals surface area (Å²) in [5.41, 5.74) is 3.28. The van der Waals surface area contributed by atoms with E-state index < -0.39 is 11.7 Å². The van der Waals surface area contributed by atoms with E-state index in [4.69, 9.17) is 16.3 Å². The third kappa shape index (κ3) is 3.94. The fraction of sp³-hybridized carbons (Fsp3) is 0.333. The summed E-state index contributed by atoms with van der Waals surface area (Å²) in [5, 5.41) is 4.25. The van der Waals surface area contributed by atoms with Crippen molar-refractivity contribution < 1.29 is 14.3 Å². The molecule has 0 radical (unpaired) electrons. The van der Waals surface area contributed by atoms with Crippen LogP contribution in [-0.2, 0) is 11.3 Å². The van der Waals surface area contributed by atoms with Crippen LogP contribution in [0.2, 0.25) is 5.02 Å². The lowest BCUT2D eigenvalue weighted by atomic mass is 9.99. The van der Waals surface area contributed by atoms with Crippen molar-refractivity contribution in [2.45, 2.75) is 45.2 Å². The molecule has 0 aliphatic heterocycles. The molecule has 0 atom stereocenters. The largest absolute Gasteiger partial charge is 0.497 e. The zero-order valence-corrected chi connectivity index (χ0v) is 18.1. The van der Waals surface area contributed by atoms with Gasteiger partial charge in [-0.3, -0.25) is 9.59 Å². The number of ketones is 1. The zero-order chi connectivity index (χ0) is 21.4. The van der Waals surface area contributed by atoms with Crippen molar-refractivity contribution in [2.75, 3.05) is 7.11 Å². The van der Waals surface area contributed by atoms with Crippen molar-refractivity contribution in [3.05, 3.63) is 64.3 Å². The highest BCUT2D eigenvalue weighted by Gasteiger charge is 2.32. The predicted molar refractivity (Wildman–Crippen MR) is 119 cm³/mol. The second-order valence-electron chi connectivity index (χ2n) is 8.09. The van der Waals surface area contributed by atoms with Crippen LogP contribution in [0.25, 0.3) is 10.9 Å². The Morgan fingerprint density at radius 2 is 1.87 bits per heavy atom. The van der Waals surface area contributed by atoms with Crippen LogP contribution in [-0.4, -0.2) is 29.4 Å². The van der Waals surface area contributed by atoms with Gasteiger partial charge in [-0.1, -0.05) is 37.6 Å². The Balaban J connectivity index is 1.89. The number of nitrogens with one attached hydrogen (secondary N) is 1. The van der Waals surface area contributed by atoms with Gasteiger partial charge in [0.15, 0.2) is 0 Å². The highest BCUT2D eigenvalue weighted by molar-refractivity contribution is 6.45. The molecule has 3 aromatic rings. The van der Waals surface area contributed by atoms with E-state index in [0.29, 0.717) is 22.9 Å². The molecule has 0 spiro atoms. The zero-order valence-electron chi connectivity index (χ0n) is 17.4. The molecule has 1 aliphatic carbocycles. The lowest BCUT2D eigenvalue weighted by Crippen LogP contribution is -2.33. The van der Waals surface area contributed by atoms with Crippen LogP contribution in [0.1, 0.15) is 54.2 Å². The summed E-state index contributed by atoms with van der Waals surface area (Å²) in [6.07, 6.45) is 1.87. The summed E-state index contributed by atoms with van der Waals surface area (Å²) in [4.78, 5) is 25.9. The highest BCUT2D eigenvalue weighted by atomic mass is 35.5. The quantitative estimate of drug-likeness (QED) is 0.432. The molecular formula is C24H25ClN2O3. The first kappa shape index (κ1) is 20.5. The highest BCUT2D eigenvalue weighted by Crippen LogP contribution is 2.35. The third-order valence-corrected chi connectivity index (χ3v) is 5.71. The molecule has 156 valence electrons. The van der Waals surface area contributed by atoms with Crippen LogP contribution in [0.4, 0.5) is 0 Å². The van der Waals surface area contributed by atoms with E-state index in [1.807, 2.05) is 56.3 Å². The number of amides is 1. The second-order valence-corrected chi connectivity index (χ2v) is 8.52. The summed E-state index contributed by atoms with van der Waals surface area (Å²) in [7, 11) is 1.59. The van der Waals surface area contributed by atoms with Crippen LogP contribution in [0.3, 0.4) is 0 Å². The number of fused-ring (bicyclic) bond motifs is 1. The Bertz CT molecular complexity index is 1110. The minimum Gasteiger partial charge on any atom is -0.497 e. The Morgan fingerprint density at radius 3 is 2.47 bits per heavy atom. The number of halogens is 1. The molecule has 1 aromatic heterocycles. The Kier molecular flexibility index (Phi) is 5.56. The number of carbonyl (C=O) groups excluding carboxylic acids is 2. The molecule has 4 rings (SSSR count). The van der Waals surface area contributed by atoms with E-state index in [0.717, 1.165) is 35.0 Å². The van der Waals surface area contributed by atoms with Crippen LogP contribution < -0.4 is 10.1 Å². The Labute approximate surface area is 181 Å². The number of hydrogen-bond donors (Lipinski definition) is 1. The van der Waals surface area contributed by atoms with Crippen LogP contribution >= 0.6 is 11.6 Å². The number of nitrogens with zero attached hydrogens (tertiary/aromatic N) is 1. The summed E-state index contributed by atoms with van der Waals surface area (Å²) in [6.45, 7) is 4.66. The fourth-order valence-corrected chi connectivity index (χ4v) is 3.98. The number of ether oxygens (including phenoxy) is 1. The first-order valence-electron chi connectivity index (χ1n) is 10.2. The van der Waals surface area contributed by atoms with Gasteiger partial charge in [-0.25, -0.2) is 0 Å². The maximum atomic E-state index is 13.3. The predicted octanol–water partition coefficient (Wildman–Crippen LogP) is 4.94. The van der Waals surface area contributed by atoms with Gasteiger partial charge < -0.3 is 14.6 Å². The van der Waals surface area contributed by atoms with Gasteiger partial charge in [0.1, 0.15) is 5.75 Å². The van der Waals surface area contributed by atoms with Gasteiger partial charge in [-0.15, -0.1) is 0 Å². The first-order chi connectivity index (χ1) is 14.4. The van der Waals surface area contributed by atoms with E-state index in [9.17, 15) is 9.59 Å². The lowest BCUT2D eigenvalue weighted by molar-refractivity contribution is -0.117. The summed E-state index contributed by atoms with van der Waals surface area (Å²) in [5.74, 6) is -0.326. The van der Waals surface area contributed by atoms with Crippen LogP contribution in [0.5, 0.6) is 5.75 Å². The molecule has 0 saturated heterocycles. The maximum Gasteiger partial charge on any atom is 0.292 e. The molecule has 5 nitrogen and oxygen atoms in total. The molecule has 1 fully saturated rings. The van der Waals surface area contributed by atoms with Crippen LogP contribution in [0, 0.1) is 0 Å². The molecule has 1 N–H and O–H groups in total. The number of rotatable bonds is 7. The van der Waals surface area contributed by atoms with E-state index in [-0.39, 0.29) is 12.0 Å². The summed E-state index contributed by atoms with van der Waals surface area (Å²) < 4.78 is 7.52. The number of hydrogen-bond acceptors (Lipinski definition) is 3. The van der Waals surface area contributed by atoms with Crippen molar-refractivity contribution in [2.24, 2.45) is 0 Å². The Hall–Kier alpha value is -2.79. The van der Waals surface area contributed by atoms with Gasteiger partial charge in [-0.2, -0.15) is 0 Å². The van der Waals surface area contributed by atoms with Crippen LogP contribution in [0.15, 0.2) is 42.5 Å². The summed E-state index contributed by atoms with van der Waals surface area (Å²) in [6, 6.07) is 13.5. The van der Waals surface area contributed by atoms with Gasteiger partial charge in [0.25, 0.3) is 11.7 Å². The average Bonchev–Trinajstić information content (AvgIpc) is 3.49. The van der Waals surface area contributed by atoms with Crippen molar-refractivity contribution in [1.82, 2.24) is 9.88 Å². The van der Waals surface area contributed by atoms with E-state index >= 15 is 0 Å². The second kappa shape index (κ2) is 8.15. The van der Waals surface area contributed by atoms with E-state index in [2.05, 4.69) is 9.88 Å². The third-order valence-electron chi connectivity index (χ3n) is 5.46. The fourth-order valence-electron chi connectivity index (χ4n) is 3.85. The molecule has 30 heavy (non-hydrogen) atoms. The first-order valence-corrected chi connectivity index (χ1v) is 10.6. The number of aromatic nitrogens is 1.